The number of hydrogen-bond acceptors (Lipinski definition) is 6. The highest BCUT2D eigenvalue weighted by molar-refractivity contribution is 7.71. The Bertz CT molecular complexity index is 934. The first-order valence-corrected chi connectivity index (χ1v) is 7.78. The highest BCUT2D eigenvalue weighted by atomic mass is 32.1. The molecule has 9 heteroatoms. The fourth-order valence-corrected chi connectivity index (χ4v) is 2.42. The van der Waals surface area contributed by atoms with E-state index in [-0.39, 0.29) is 17.2 Å². The molecule has 128 valence electrons. The van der Waals surface area contributed by atoms with Crippen LogP contribution >= 0.6 is 12.2 Å². The number of rotatable bonds is 5. The summed E-state index contributed by atoms with van der Waals surface area (Å²) in [6, 6.07) is 10.6. The molecule has 0 aliphatic heterocycles. The van der Waals surface area contributed by atoms with Crippen molar-refractivity contribution in [1.29, 1.82) is 0 Å². The molecule has 2 heterocycles. The number of pyridine rings is 1. The van der Waals surface area contributed by atoms with Gasteiger partial charge in [0, 0.05) is 23.6 Å². The van der Waals surface area contributed by atoms with Crippen LogP contribution in [-0.2, 0) is 11.3 Å². The van der Waals surface area contributed by atoms with E-state index in [9.17, 15) is 4.79 Å². The molecular weight excluding hydrogens is 340 g/mol. The number of nitrogen functional groups attached to an aromatic ring is 1. The molecule has 0 aliphatic carbocycles. The zero-order chi connectivity index (χ0) is 17.8. The van der Waals surface area contributed by atoms with Gasteiger partial charge in [-0.05, 0) is 48.6 Å². The van der Waals surface area contributed by atoms with Crippen LogP contribution in [0.2, 0.25) is 0 Å². The third kappa shape index (κ3) is 3.66. The number of nitrogens with two attached hydrogens (primary N) is 1. The van der Waals surface area contributed by atoms with E-state index in [1.807, 2.05) is 0 Å². The van der Waals surface area contributed by atoms with Crippen molar-refractivity contribution in [2.75, 3.05) is 18.3 Å². The van der Waals surface area contributed by atoms with Crippen LogP contribution in [0.5, 0.6) is 5.75 Å². The fraction of sp³-hybridized carbons (Fsp3) is 0.125. The number of nitrogens with one attached hydrogen (secondary N) is 1. The highest BCUT2D eigenvalue weighted by Crippen LogP contribution is 2.16. The number of methoxy groups -OCH3 is 1. The van der Waals surface area contributed by atoms with Gasteiger partial charge in [0.1, 0.15) is 12.3 Å². The molecule has 3 rings (SSSR count). The van der Waals surface area contributed by atoms with Gasteiger partial charge in [0.05, 0.1) is 7.11 Å². The third-order valence-electron chi connectivity index (χ3n) is 3.48. The summed E-state index contributed by atoms with van der Waals surface area (Å²) in [6.07, 6.45) is 3.27. The summed E-state index contributed by atoms with van der Waals surface area (Å²) in [6.45, 7) is -0.0485. The predicted molar refractivity (Wildman–Crippen MR) is 96.1 cm³/mol. The Labute approximate surface area is 148 Å². The maximum absolute atomic E-state index is 12.2. The molecule has 0 atom stereocenters. The third-order valence-corrected chi connectivity index (χ3v) is 3.88. The first-order valence-electron chi connectivity index (χ1n) is 7.37. The molecule has 25 heavy (non-hydrogen) atoms. The lowest BCUT2D eigenvalue weighted by atomic mass is 10.2. The SMILES string of the molecule is COc1ccc(NC(=O)Cn2nc(-c3ccncc3)n(N)c2=S)cc1. The molecule has 1 aromatic carbocycles. The van der Waals surface area contributed by atoms with Crippen molar-refractivity contribution in [3.8, 4) is 17.1 Å². The van der Waals surface area contributed by atoms with E-state index >= 15 is 0 Å². The van der Waals surface area contributed by atoms with E-state index in [0.29, 0.717) is 17.3 Å². The molecule has 3 aromatic rings. The molecule has 1 amide bonds. The molecule has 0 radical (unpaired) electrons. The molecular formula is C16H16N6O2S. The predicted octanol–water partition coefficient (Wildman–Crippen LogP) is 1.84. The number of amides is 1. The molecule has 0 bridgehead atoms. The smallest absolute Gasteiger partial charge is 0.246 e. The van der Waals surface area contributed by atoms with Gasteiger partial charge in [0.15, 0.2) is 5.82 Å². The first-order chi connectivity index (χ1) is 12.1. The van der Waals surface area contributed by atoms with Gasteiger partial charge in [-0.25, -0.2) is 9.36 Å². The minimum absolute atomic E-state index is 0.0485. The van der Waals surface area contributed by atoms with Gasteiger partial charge in [-0.15, -0.1) is 5.10 Å². The van der Waals surface area contributed by atoms with E-state index < -0.39 is 0 Å². The average molecular weight is 356 g/mol. The van der Waals surface area contributed by atoms with Gasteiger partial charge in [-0.2, -0.15) is 0 Å². The summed E-state index contributed by atoms with van der Waals surface area (Å²) in [7, 11) is 1.58. The van der Waals surface area contributed by atoms with Gasteiger partial charge in [-0.3, -0.25) is 9.78 Å². The van der Waals surface area contributed by atoms with Crippen LogP contribution in [0.3, 0.4) is 0 Å². The summed E-state index contributed by atoms with van der Waals surface area (Å²) in [5.41, 5.74) is 1.41. The van der Waals surface area contributed by atoms with Gasteiger partial charge in [0.25, 0.3) is 0 Å². The minimum atomic E-state index is -0.263. The maximum Gasteiger partial charge on any atom is 0.246 e. The Morgan fingerprint density at radius 3 is 2.56 bits per heavy atom. The molecule has 0 aliphatic rings. The van der Waals surface area contributed by atoms with Gasteiger partial charge < -0.3 is 15.9 Å². The average Bonchev–Trinajstić information content (AvgIpc) is 2.91. The topological polar surface area (TPSA) is 100.0 Å². The number of benzene rings is 1. The zero-order valence-corrected chi connectivity index (χ0v) is 14.2. The maximum atomic E-state index is 12.2. The van der Waals surface area contributed by atoms with Crippen molar-refractivity contribution in [2.45, 2.75) is 6.54 Å². The summed E-state index contributed by atoms with van der Waals surface area (Å²) < 4.78 is 7.98. The van der Waals surface area contributed by atoms with Crippen molar-refractivity contribution >= 4 is 23.8 Å². The number of ether oxygens (including phenoxy) is 1. The van der Waals surface area contributed by atoms with Crippen LogP contribution in [0.1, 0.15) is 0 Å². The number of carbonyl (C=O) groups is 1. The Balaban J connectivity index is 1.76. The Morgan fingerprint density at radius 2 is 1.92 bits per heavy atom. The Morgan fingerprint density at radius 1 is 1.24 bits per heavy atom. The Kier molecular flexibility index (Phi) is 4.75. The van der Waals surface area contributed by atoms with Crippen LogP contribution in [-0.4, -0.2) is 32.5 Å². The summed E-state index contributed by atoms with van der Waals surface area (Å²) in [4.78, 5) is 16.2. The molecule has 8 nitrogen and oxygen atoms in total. The zero-order valence-electron chi connectivity index (χ0n) is 13.4. The number of anilines is 1. The van der Waals surface area contributed by atoms with E-state index in [2.05, 4.69) is 15.4 Å². The second-order valence-corrected chi connectivity index (χ2v) is 5.51. The lowest BCUT2D eigenvalue weighted by Crippen LogP contribution is -2.20. The largest absolute Gasteiger partial charge is 0.497 e. The molecule has 2 aromatic heterocycles. The number of aromatic nitrogens is 4. The van der Waals surface area contributed by atoms with Crippen LogP contribution in [0.4, 0.5) is 5.69 Å². The number of nitrogens with zero attached hydrogens (tertiary/aromatic N) is 4. The van der Waals surface area contributed by atoms with Crippen molar-refractivity contribution in [1.82, 2.24) is 19.4 Å². The van der Waals surface area contributed by atoms with E-state index in [1.54, 1.807) is 55.9 Å². The molecule has 0 spiro atoms. The van der Waals surface area contributed by atoms with Crippen LogP contribution in [0, 0.1) is 4.77 Å². The summed E-state index contributed by atoms with van der Waals surface area (Å²) >= 11 is 5.26. The summed E-state index contributed by atoms with van der Waals surface area (Å²) in [5.74, 6) is 6.87. The Hall–Kier alpha value is -3.20. The van der Waals surface area contributed by atoms with Crippen LogP contribution in [0.15, 0.2) is 48.8 Å². The normalized spacial score (nSPS) is 10.4. The minimum Gasteiger partial charge on any atom is -0.497 e. The van der Waals surface area contributed by atoms with Gasteiger partial charge >= 0.3 is 0 Å². The molecule has 3 N–H and O–H groups in total. The molecule has 0 unspecified atom stereocenters. The highest BCUT2D eigenvalue weighted by Gasteiger charge is 2.13. The van der Waals surface area contributed by atoms with E-state index in [4.69, 9.17) is 22.8 Å². The fourth-order valence-electron chi connectivity index (χ4n) is 2.23. The number of carbonyl (C=O) groups excluding carboxylic acids is 1. The molecule has 0 saturated carbocycles. The van der Waals surface area contributed by atoms with Crippen molar-refractivity contribution < 1.29 is 9.53 Å². The van der Waals surface area contributed by atoms with Crippen LogP contribution < -0.4 is 15.9 Å². The molecule has 0 saturated heterocycles. The summed E-state index contributed by atoms with van der Waals surface area (Å²) in [5, 5.41) is 7.11. The van der Waals surface area contributed by atoms with E-state index in [0.717, 1.165) is 5.56 Å². The number of hydrogen-bond donors (Lipinski definition) is 2. The monoisotopic (exact) mass is 356 g/mol. The van der Waals surface area contributed by atoms with Crippen molar-refractivity contribution in [3.63, 3.8) is 0 Å². The lowest BCUT2D eigenvalue weighted by Gasteiger charge is -2.06. The molecule has 0 fully saturated rings. The van der Waals surface area contributed by atoms with Gasteiger partial charge in [-0.1, -0.05) is 0 Å². The quantitative estimate of drug-likeness (QED) is 0.534. The van der Waals surface area contributed by atoms with Gasteiger partial charge in [0.2, 0.25) is 10.7 Å². The second-order valence-electron chi connectivity index (χ2n) is 5.15. The second kappa shape index (κ2) is 7.14. The van der Waals surface area contributed by atoms with E-state index in [1.165, 1.54) is 9.36 Å². The van der Waals surface area contributed by atoms with Crippen molar-refractivity contribution in [2.24, 2.45) is 0 Å². The van der Waals surface area contributed by atoms with Crippen LogP contribution in [0.25, 0.3) is 11.4 Å². The first kappa shape index (κ1) is 16.7. The standard InChI is InChI=1S/C16H16N6O2S/c1-24-13-4-2-12(3-5-13)19-14(23)10-21-16(25)22(17)15(20-21)11-6-8-18-9-7-11/h2-9H,10,17H2,1H3,(H,19,23). The lowest BCUT2D eigenvalue weighted by molar-refractivity contribution is -0.116. The van der Waals surface area contributed by atoms with Crippen molar-refractivity contribution in [3.05, 3.63) is 53.6 Å².